The average Bonchev–Trinajstić information content (AvgIpc) is 2.48. The van der Waals surface area contributed by atoms with E-state index in [0.29, 0.717) is 12.3 Å². The Morgan fingerprint density at radius 1 is 1.14 bits per heavy atom. The molecule has 0 saturated heterocycles. The van der Waals surface area contributed by atoms with Gasteiger partial charge in [-0.1, -0.05) is 12.1 Å². The number of hydrogen-bond acceptors (Lipinski definition) is 4. The van der Waals surface area contributed by atoms with E-state index in [9.17, 15) is 0 Å². The van der Waals surface area contributed by atoms with Crippen LogP contribution in [0, 0.1) is 6.92 Å². The first-order valence-corrected chi connectivity index (χ1v) is 7.34. The maximum absolute atomic E-state index is 6.24. The first-order chi connectivity index (χ1) is 10.2. The number of nitrogen functional groups attached to an aromatic ring is 1. The number of nitrogens with two attached hydrogens (primary N) is 1. The molecule has 0 atom stereocenters. The fourth-order valence-electron chi connectivity index (χ4n) is 2.34. The van der Waals surface area contributed by atoms with Crippen molar-refractivity contribution in [1.82, 2.24) is 4.98 Å². The van der Waals surface area contributed by atoms with Gasteiger partial charge in [0, 0.05) is 12.2 Å². The molecule has 0 saturated carbocycles. The molecule has 0 aliphatic heterocycles. The third-order valence-electron chi connectivity index (χ3n) is 3.36. The van der Waals surface area contributed by atoms with Crippen LogP contribution in [0.15, 0.2) is 36.4 Å². The minimum absolute atomic E-state index is 0.610. The minimum atomic E-state index is 0.610. The van der Waals surface area contributed by atoms with Crippen LogP contribution in [0.1, 0.15) is 25.2 Å². The predicted octanol–water partition coefficient (Wildman–Crippen LogP) is 3.40. The number of aryl methyl sites for hydroxylation is 1. The van der Waals surface area contributed by atoms with Crippen molar-refractivity contribution in [1.29, 1.82) is 0 Å². The molecule has 2 N–H and O–H groups in total. The highest BCUT2D eigenvalue weighted by Crippen LogP contribution is 2.32. The molecule has 1 aromatic carbocycles. The fourth-order valence-corrected chi connectivity index (χ4v) is 2.34. The Morgan fingerprint density at radius 2 is 1.90 bits per heavy atom. The lowest BCUT2D eigenvalue weighted by Gasteiger charge is -2.25. The second-order valence-corrected chi connectivity index (χ2v) is 4.91. The molecule has 4 nitrogen and oxygen atoms in total. The molecule has 0 aliphatic rings. The SMILES string of the molecule is CCOc1cccc(N(CC)Cc2cccc(C)n2)c1N. The summed E-state index contributed by atoms with van der Waals surface area (Å²) in [5.41, 5.74) is 9.99. The summed E-state index contributed by atoms with van der Waals surface area (Å²) in [6.45, 7) is 8.28. The summed E-state index contributed by atoms with van der Waals surface area (Å²) in [5, 5.41) is 0. The van der Waals surface area contributed by atoms with Crippen LogP contribution in [0.25, 0.3) is 0 Å². The van der Waals surface area contributed by atoms with Gasteiger partial charge in [0.25, 0.3) is 0 Å². The van der Waals surface area contributed by atoms with Crippen molar-refractivity contribution in [3.8, 4) is 5.75 Å². The summed E-state index contributed by atoms with van der Waals surface area (Å²) in [5.74, 6) is 0.741. The van der Waals surface area contributed by atoms with Gasteiger partial charge in [-0.25, -0.2) is 0 Å². The van der Waals surface area contributed by atoms with E-state index in [0.717, 1.165) is 35.9 Å². The van der Waals surface area contributed by atoms with Gasteiger partial charge >= 0.3 is 0 Å². The van der Waals surface area contributed by atoms with Gasteiger partial charge in [-0.3, -0.25) is 4.98 Å². The van der Waals surface area contributed by atoms with Crippen LogP contribution >= 0.6 is 0 Å². The summed E-state index contributed by atoms with van der Waals surface area (Å²) in [4.78, 5) is 6.77. The maximum atomic E-state index is 6.24. The quantitative estimate of drug-likeness (QED) is 0.826. The van der Waals surface area contributed by atoms with Crippen molar-refractivity contribution in [2.75, 3.05) is 23.8 Å². The van der Waals surface area contributed by atoms with Crippen molar-refractivity contribution in [2.45, 2.75) is 27.3 Å². The molecule has 0 radical (unpaired) electrons. The smallest absolute Gasteiger partial charge is 0.144 e. The average molecular weight is 285 g/mol. The zero-order valence-electron chi connectivity index (χ0n) is 13.0. The van der Waals surface area contributed by atoms with Crippen LogP contribution in [0.5, 0.6) is 5.75 Å². The first-order valence-electron chi connectivity index (χ1n) is 7.34. The molecular formula is C17H23N3O. The highest BCUT2D eigenvalue weighted by Gasteiger charge is 2.12. The zero-order chi connectivity index (χ0) is 15.2. The van der Waals surface area contributed by atoms with E-state index in [1.807, 2.05) is 50.2 Å². The Balaban J connectivity index is 2.27. The first kappa shape index (κ1) is 15.2. The lowest BCUT2D eigenvalue weighted by Crippen LogP contribution is -2.24. The summed E-state index contributed by atoms with van der Waals surface area (Å²) >= 11 is 0. The van der Waals surface area contributed by atoms with E-state index < -0.39 is 0 Å². The molecule has 1 heterocycles. The van der Waals surface area contributed by atoms with Crippen LogP contribution in [0.4, 0.5) is 11.4 Å². The van der Waals surface area contributed by atoms with Crippen molar-refractivity contribution in [3.63, 3.8) is 0 Å². The van der Waals surface area contributed by atoms with E-state index in [1.165, 1.54) is 0 Å². The van der Waals surface area contributed by atoms with Gasteiger partial charge in [-0.15, -0.1) is 0 Å². The number of anilines is 2. The van der Waals surface area contributed by atoms with Crippen LogP contribution in [0.3, 0.4) is 0 Å². The molecule has 0 unspecified atom stereocenters. The van der Waals surface area contributed by atoms with Gasteiger partial charge in [0.1, 0.15) is 5.75 Å². The number of ether oxygens (including phenoxy) is 1. The number of rotatable bonds is 6. The third kappa shape index (κ3) is 3.66. The molecule has 0 amide bonds. The number of benzene rings is 1. The van der Waals surface area contributed by atoms with E-state index >= 15 is 0 Å². The molecule has 21 heavy (non-hydrogen) atoms. The Labute approximate surface area is 126 Å². The Morgan fingerprint density at radius 3 is 2.57 bits per heavy atom. The molecule has 4 heteroatoms. The van der Waals surface area contributed by atoms with Crippen LogP contribution < -0.4 is 15.4 Å². The van der Waals surface area contributed by atoms with Gasteiger partial charge in [0.05, 0.1) is 30.2 Å². The number of para-hydroxylation sites is 1. The van der Waals surface area contributed by atoms with Crippen LogP contribution in [-0.4, -0.2) is 18.1 Å². The van der Waals surface area contributed by atoms with Crippen molar-refractivity contribution >= 4 is 11.4 Å². The van der Waals surface area contributed by atoms with E-state index in [4.69, 9.17) is 10.5 Å². The number of nitrogens with zero attached hydrogens (tertiary/aromatic N) is 2. The Kier molecular flexibility index (Phi) is 5.04. The van der Waals surface area contributed by atoms with Crippen molar-refractivity contribution in [2.24, 2.45) is 0 Å². The monoisotopic (exact) mass is 285 g/mol. The van der Waals surface area contributed by atoms with Gasteiger partial charge in [-0.05, 0) is 45.0 Å². The second-order valence-electron chi connectivity index (χ2n) is 4.91. The highest BCUT2D eigenvalue weighted by molar-refractivity contribution is 5.74. The summed E-state index contributed by atoms with van der Waals surface area (Å²) in [7, 11) is 0. The lowest BCUT2D eigenvalue weighted by molar-refractivity contribution is 0.342. The molecular weight excluding hydrogens is 262 g/mol. The molecule has 2 rings (SSSR count). The Bertz CT molecular complexity index is 598. The molecule has 0 aliphatic carbocycles. The largest absolute Gasteiger partial charge is 0.492 e. The molecule has 0 bridgehead atoms. The van der Waals surface area contributed by atoms with E-state index in [-0.39, 0.29) is 0 Å². The van der Waals surface area contributed by atoms with Gasteiger partial charge < -0.3 is 15.4 Å². The summed E-state index contributed by atoms with van der Waals surface area (Å²) in [6, 6.07) is 12.0. The van der Waals surface area contributed by atoms with Gasteiger partial charge in [0.2, 0.25) is 0 Å². The molecule has 1 aromatic heterocycles. The predicted molar refractivity (Wildman–Crippen MR) is 87.7 cm³/mol. The number of aromatic nitrogens is 1. The number of pyridine rings is 1. The number of hydrogen-bond donors (Lipinski definition) is 1. The fraction of sp³-hybridized carbons (Fsp3) is 0.353. The van der Waals surface area contributed by atoms with Crippen LogP contribution in [0.2, 0.25) is 0 Å². The minimum Gasteiger partial charge on any atom is -0.492 e. The molecule has 0 fully saturated rings. The zero-order valence-corrected chi connectivity index (χ0v) is 13.0. The molecule has 2 aromatic rings. The second kappa shape index (κ2) is 6.97. The standard InChI is InChI=1S/C17H23N3O/c1-4-20(12-14-9-6-8-13(3)19-14)15-10-7-11-16(17(15)18)21-5-2/h6-11H,4-5,12,18H2,1-3H3. The van der Waals surface area contributed by atoms with Crippen molar-refractivity contribution in [3.05, 3.63) is 47.8 Å². The van der Waals surface area contributed by atoms with Crippen LogP contribution in [-0.2, 0) is 6.54 Å². The lowest BCUT2D eigenvalue weighted by atomic mass is 10.2. The molecule has 0 spiro atoms. The van der Waals surface area contributed by atoms with Crippen molar-refractivity contribution < 1.29 is 4.74 Å². The Hall–Kier alpha value is -2.23. The molecule has 112 valence electrons. The van der Waals surface area contributed by atoms with Gasteiger partial charge in [-0.2, -0.15) is 0 Å². The topological polar surface area (TPSA) is 51.4 Å². The third-order valence-corrected chi connectivity index (χ3v) is 3.36. The van der Waals surface area contributed by atoms with E-state index in [2.05, 4.69) is 16.8 Å². The van der Waals surface area contributed by atoms with E-state index in [1.54, 1.807) is 0 Å². The summed E-state index contributed by atoms with van der Waals surface area (Å²) < 4.78 is 5.57. The normalized spacial score (nSPS) is 10.4. The summed E-state index contributed by atoms with van der Waals surface area (Å²) in [6.07, 6.45) is 0. The highest BCUT2D eigenvalue weighted by atomic mass is 16.5. The van der Waals surface area contributed by atoms with Gasteiger partial charge in [0.15, 0.2) is 0 Å². The maximum Gasteiger partial charge on any atom is 0.144 e.